The molecule has 1 aromatic rings. The Morgan fingerprint density at radius 1 is 1.20 bits per heavy atom. The molecule has 2 heterocycles. The van der Waals surface area contributed by atoms with E-state index in [0.717, 1.165) is 11.2 Å². The van der Waals surface area contributed by atoms with E-state index in [1.165, 1.54) is 31.2 Å². The molecule has 4 amide bonds. The minimum atomic E-state index is -3.42. The lowest BCUT2D eigenvalue weighted by atomic mass is 9.92. The van der Waals surface area contributed by atoms with Gasteiger partial charge in [-0.15, -0.1) is 0 Å². The molecule has 164 valence electrons. The van der Waals surface area contributed by atoms with Crippen LogP contribution in [0.15, 0.2) is 29.2 Å². The van der Waals surface area contributed by atoms with Crippen LogP contribution < -0.4 is 10.6 Å². The van der Waals surface area contributed by atoms with Crippen LogP contribution in [0.4, 0.5) is 4.79 Å². The summed E-state index contributed by atoms with van der Waals surface area (Å²) in [4.78, 5) is 38.5. The SMILES string of the molecule is C[C@]1(NC(=O)CN2C(=O)N[C@](C)(c3ccc(S(C)(=O)=O)cc3)C2=O)CCS(=O)(=O)C1. The molecule has 2 N–H and O–H groups in total. The summed E-state index contributed by atoms with van der Waals surface area (Å²) in [6.07, 6.45) is 1.31. The largest absolute Gasteiger partial charge is 0.348 e. The van der Waals surface area contributed by atoms with E-state index in [-0.39, 0.29) is 22.8 Å². The standard InChI is InChI=1S/C18H23N3O7S2/c1-17(8-9-30(27,28)11-17)19-14(22)10-21-15(23)18(2,20-16(21)24)12-4-6-13(7-5-12)29(3,25)26/h4-7H,8-11H2,1-3H3,(H,19,22)(H,20,24)/t17-,18+/m0/s1. The van der Waals surface area contributed by atoms with E-state index in [1.54, 1.807) is 6.92 Å². The number of imide groups is 1. The Hall–Kier alpha value is -2.47. The lowest BCUT2D eigenvalue weighted by molar-refractivity contribution is -0.135. The van der Waals surface area contributed by atoms with E-state index in [1.807, 2.05) is 0 Å². The molecule has 10 nitrogen and oxygen atoms in total. The van der Waals surface area contributed by atoms with Crippen LogP contribution in [-0.2, 0) is 34.8 Å². The van der Waals surface area contributed by atoms with Gasteiger partial charge in [-0.25, -0.2) is 21.6 Å². The Balaban J connectivity index is 1.75. The molecule has 2 fully saturated rings. The predicted molar refractivity (Wildman–Crippen MR) is 107 cm³/mol. The number of rotatable bonds is 5. The van der Waals surface area contributed by atoms with Crippen molar-refractivity contribution in [3.05, 3.63) is 29.8 Å². The molecule has 12 heteroatoms. The first kappa shape index (κ1) is 22.2. The second kappa shape index (κ2) is 7.05. The third-order valence-electron chi connectivity index (χ3n) is 5.38. The van der Waals surface area contributed by atoms with E-state index in [0.29, 0.717) is 5.56 Å². The van der Waals surface area contributed by atoms with Crippen LogP contribution in [0.5, 0.6) is 0 Å². The summed E-state index contributed by atoms with van der Waals surface area (Å²) in [7, 11) is -6.65. The van der Waals surface area contributed by atoms with Gasteiger partial charge in [0.2, 0.25) is 5.91 Å². The van der Waals surface area contributed by atoms with Crippen LogP contribution in [0.2, 0.25) is 0 Å². The van der Waals surface area contributed by atoms with Gasteiger partial charge in [0.25, 0.3) is 5.91 Å². The molecular weight excluding hydrogens is 434 g/mol. The lowest BCUT2D eigenvalue weighted by Gasteiger charge is -2.25. The average molecular weight is 458 g/mol. The zero-order chi connectivity index (χ0) is 22.5. The van der Waals surface area contributed by atoms with Crippen molar-refractivity contribution < 1.29 is 31.2 Å². The van der Waals surface area contributed by atoms with Crippen LogP contribution in [0, 0.1) is 0 Å². The summed E-state index contributed by atoms with van der Waals surface area (Å²) in [5, 5.41) is 5.15. The monoisotopic (exact) mass is 457 g/mol. The molecule has 30 heavy (non-hydrogen) atoms. The van der Waals surface area contributed by atoms with Crippen molar-refractivity contribution in [2.75, 3.05) is 24.3 Å². The van der Waals surface area contributed by atoms with Gasteiger partial charge in [0, 0.05) is 6.26 Å². The first-order valence-electron chi connectivity index (χ1n) is 9.11. The summed E-state index contributed by atoms with van der Waals surface area (Å²) < 4.78 is 46.6. The maximum Gasteiger partial charge on any atom is 0.325 e. The first-order chi connectivity index (χ1) is 13.7. The second-order valence-corrected chi connectivity index (χ2v) is 12.4. The topological polar surface area (TPSA) is 147 Å². The minimum absolute atomic E-state index is 0.0333. The van der Waals surface area contributed by atoms with Gasteiger partial charge in [-0.2, -0.15) is 0 Å². The molecule has 0 saturated carbocycles. The summed E-state index contributed by atoms with van der Waals surface area (Å²) >= 11 is 0. The highest BCUT2D eigenvalue weighted by Gasteiger charge is 2.50. The maximum atomic E-state index is 12.9. The summed E-state index contributed by atoms with van der Waals surface area (Å²) in [6.45, 7) is 2.51. The Morgan fingerprint density at radius 3 is 2.30 bits per heavy atom. The fraction of sp³-hybridized carbons (Fsp3) is 0.500. The minimum Gasteiger partial charge on any atom is -0.348 e. The number of hydrogen-bond donors (Lipinski definition) is 2. The quantitative estimate of drug-likeness (QED) is 0.569. The lowest BCUT2D eigenvalue weighted by Crippen LogP contribution is -2.51. The highest BCUT2D eigenvalue weighted by molar-refractivity contribution is 7.91. The van der Waals surface area contributed by atoms with Crippen molar-refractivity contribution in [2.24, 2.45) is 0 Å². The van der Waals surface area contributed by atoms with Crippen molar-refractivity contribution in [3.8, 4) is 0 Å². The van der Waals surface area contributed by atoms with Crippen LogP contribution in [0.3, 0.4) is 0 Å². The molecule has 0 aromatic heterocycles. The molecule has 0 spiro atoms. The highest BCUT2D eigenvalue weighted by Crippen LogP contribution is 2.30. The van der Waals surface area contributed by atoms with Crippen LogP contribution >= 0.6 is 0 Å². The number of nitrogens with zero attached hydrogens (tertiary/aromatic N) is 1. The molecule has 0 aliphatic carbocycles. The normalized spacial score (nSPS) is 28.4. The molecule has 0 bridgehead atoms. The van der Waals surface area contributed by atoms with Crippen LogP contribution in [-0.4, -0.2) is 69.4 Å². The van der Waals surface area contributed by atoms with Gasteiger partial charge >= 0.3 is 6.03 Å². The number of carbonyl (C=O) groups is 3. The molecule has 0 radical (unpaired) electrons. The van der Waals surface area contributed by atoms with E-state index < -0.39 is 55.1 Å². The van der Waals surface area contributed by atoms with Crippen molar-refractivity contribution in [3.63, 3.8) is 0 Å². The Labute approximate surface area is 174 Å². The van der Waals surface area contributed by atoms with Crippen molar-refractivity contribution in [2.45, 2.75) is 36.2 Å². The van der Waals surface area contributed by atoms with E-state index in [2.05, 4.69) is 10.6 Å². The van der Waals surface area contributed by atoms with Crippen LogP contribution in [0.25, 0.3) is 0 Å². The van der Waals surface area contributed by atoms with Crippen LogP contribution in [0.1, 0.15) is 25.8 Å². The van der Waals surface area contributed by atoms with E-state index in [4.69, 9.17) is 0 Å². The molecule has 1 aromatic carbocycles. The van der Waals surface area contributed by atoms with E-state index >= 15 is 0 Å². The number of sulfone groups is 2. The third-order valence-corrected chi connectivity index (χ3v) is 8.41. The summed E-state index contributed by atoms with van der Waals surface area (Å²) in [5.74, 6) is -1.54. The fourth-order valence-corrected chi connectivity index (χ4v) is 6.42. The molecule has 2 saturated heterocycles. The smallest absolute Gasteiger partial charge is 0.325 e. The number of carbonyl (C=O) groups excluding carboxylic acids is 3. The van der Waals surface area contributed by atoms with Gasteiger partial charge in [0.15, 0.2) is 19.7 Å². The maximum absolute atomic E-state index is 12.9. The predicted octanol–water partition coefficient (Wildman–Crippen LogP) is -0.449. The molecule has 2 atom stereocenters. The molecule has 2 aliphatic heterocycles. The highest BCUT2D eigenvalue weighted by atomic mass is 32.2. The fourth-order valence-electron chi connectivity index (χ4n) is 3.70. The number of urea groups is 1. The zero-order valence-corrected chi connectivity index (χ0v) is 18.4. The van der Waals surface area contributed by atoms with Gasteiger partial charge < -0.3 is 10.6 Å². The van der Waals surface area contributed by atoms with Crippen molar-refractivity contribution >= 4 is 37.5 Å². The number of hydrogen-bond acceptors (Lipinski definition) is 7. The number of benzene rings is 1. The molecule has 2 aliphatic rings. The van der Waals surface area contributed by atoms with Crippen molar-refractivity contribution in [1.29, 1.82) is 0 Å². The Kier molecular flexibility index (Phi) is 5.22. The third kappa shape index (κ3) is 4.19. The number of amides is 4. The zero-order valence-electron chi connectivity index (χ0n) is 16.8. The summed E-state index contributed by atoms with van der Waals surface area (Å²) in [6, 6.07) is 4.78. The molecule has 0 unspecified atom stereocenters. The second-order valence-electron chi connectivity index (χ2n) is 8.19. The molecular formula is C18H23N3O7S2. The average Bonchev–Trinajstić information content (AvgIpc) is 3.01. The van der Waals surface area contributed by atoms with Gasteiger partial charge in [-0.1, -0.05) is 12.1 Å². The molecule has 3 rings (SSSR count). The van der Waals surface area contributed by atoms with Crippen molar-refractivity contribution in [1.82, 2.24) is 15.5 Å². The van der Waals surface area contributed by atoms with Gasteiger partial charge in [-0.05, 0) is 38.0 Å². The first-order valence-corrected chi connectivity index (χ1v) is 12.8. The van der Waals surface area contributed by atoms with Gasteiger partial charge in [0.1, 0.15) is 12.1 Å². The van der Waals surface area contributed by atoms with Gasteiger partial charge in [-0.3, -0.25) is 14.5 Å². The Bertz CT molecular complexity index is 1130. The Morgan fingerprint density at radius 2 is 1.80 bits per heavy atom. The summed E-state index contributed by atoms with van der Waals surface area (Å²) in [5.41, 5.74) is -2.04. The van der Waals surface area contributed by atoms with Gasteiger partial charge in [0.05, 0.1) is 21.9 Å². The van der Waals surface area contributed by atoms with E-state index in [9.17, 15) is 31.2 Å². The number of nitrogens with one attached hydrogen (secondary N) is 2.